The third-order valence-corrected chi connectivity index (χ3v) is 8.78. The van der Waals surface area contributed by atoms with Crippen molar-refractivity contribution in [2.24, 2.45) is 0 Å². The monoisotopic (exact) mass is 584 g/mol. The SMILES string of the molecule is CCCN(CC(=O)Nc1ccc(N2CCN(C(=O)c3ccc(OC)cc3)CC2)cc1)S(=O)(=O)c1ccc(Cl)cc1. The highest BCUT2D eigenvalue weighted by atomic mass is 35.5. The van der Waals surface area contributed by atoms with Crippen molar-refractivity contribution in [2.45, 2.75) is 18.2 Å². The van der Waals surface area contributed by atoms with E-state index in [2.05, 4.69) is 10.2 Å². The number of ether oxygens (including phenoxy) is 1. The number of halogens is 1. The Bertz CT molecular complexity index is 1410. The number of hydrogen-bond donors (Lipinski definition) is 1. The summed E-state index contributed by atoms with van der Waals surface area (Å²) in [5.74, 6) is 0.280. The molecule has 0 unspecified atom stereocenters. The van der Waals surface area contributed by atoms with Gasteiger partial charge in [0.05, 0.1) is 18.6 Å². The number of sulfonamides is 1. The van der Waals surface area contributed by atoms with Crippen LogP contribution in [0.2, 0.25) is 5.02 Å². The highest BCUT2D eigenvalue weighted by Crippen LogP contribution is 2.22. The summed E-state index contributed by atoms with van der Waals surface area (Å²) in [6.45, 7) is 4.33. The van der Waals surface area contributed by atoms with Gasteiger partial charge in [-0.05, 0) is 79.2 Å². The third kappa shape index (κ3) is 7.12. The maximum absolute atomic E-state index is 13.1. The fourth-order valence-electron chi connectivity index (χ4n) is 4.49. The fourth-order valence-corrected chi connectivity index (χ4v) is 6.10. The molecule has 0 spiro atoms. The molecule has 0 saturated carbocycles. The van der Waals surface area contributed by atoms with Crippen molar-refractivity contribution in [2.75, 3.05) is 56.6 Å². The molecule has 1 N–H and O–H groups in total. The number of rotatable bonds is 10. The van der Waals surface area contributed by atoms with Crippen molar-refractivity contribution in [3.63, 3.8) is 0 Å². The molecule has 0 aromatic heterocycles. The van der Waals surface area contributed by atoms with Crippen LogP contribution in [-0.2, 0) is 14.8 Å². The quantitative estimate of drug-likeness (QED) is 0.380. The number of carbonyl (C=O) groups is 2. The van der Waals surface area contributed by atoms with Crippen LogP contribution in [0, 0.1) is 0 Å². The largest absolute Gasteiger partial charge is 0.497 e. The number of hydrogen-bond acceptors (Lipinski definition) is 6. The van der Waals surface area contributed by atoms with E-state index in [0.717, 1.165) is 5.69 Å². The van der Waals surface area contributed by atoms with Gasteiger partial charge in [-0.15, -0.1) is 0 Å². The van der Waals surface area contributed by atoms with E-state index in [1.54, 1.807) is 43.5 Å². The summed E-state index contributed by atoms with van der Waals surface area (Å²) < 4.78 is 32.5. The maximum atomic E-state index is 13.1. The van der Waals surface area contributed by atoms with Crippen LogP contribution in [0.1, 0.15) is 23.7 Å². The normalized spacial score (nSPS) is 13.8. The molecule has 2 amide bonds. The Hall–Kier alpha value is -3.60. The van der Waals surface area contributed by atoms with Gasteiger partial charge in [-0.1, -0.05) is 18.5 Å². The van der Waals surface area contributed by atoms with E-state index in [4.69, 9.17) is 16.3 Å². The zero-order chi connectivity index (χ0) is 28.7. The number of nitrogens with one attached hydrogen (secondary N) is 1. The maximum Gasteiger partial charge on any atom is 0.253 e. The Morgan fingerprint density at radius 1 is 0.925 bits per heavy atom. The average Bonchev–Trinajstić information content (AvgIpc) is 2.97. The molecular formula is C29H33ClN4O5S. The molecule has 0 bridgehead atoms. The lowest BCUT2D eigenvalue weighted by molar-refractivity contribution is -0.116. The molecule has 1 fully saturated rings. The van der Waals surface area contributed by atoms with Gasteiger partial charge in [0.2, 0.25) is 15.9 Å². The van der Waals surface area contributed by atoms with Crippen molar-refractivity contribution in [3.05, 3.63) is 83.4 Å². The molecule has 0 atom stereocenters. The van der Waals surface area contributed by atoms with Crippen LogP contribution in [0.5, 0.6) is 5.75 Å². The van der Waals surface area contributed by atoms with Crippen LogP contribution < -0.4 is 15.0 Å². The minimum atomic E-state index is -3.85. The molecule has 40 heavy (non-hydrogen) atoms. The van der Waals surface area contributed by atoms with Gasteiger partial charge in [-0.25, -0.2) is 8.42 Å². The number of benzene rings is 3. The van der Waals surface area contributed by atoms with Crippen molar-refractivity contribution in [1.82, 2.24) is 9.21 Å². The second-order valence-electron chi connectivity index (χ2n) is 9.40. The summed E-state index contributed by atoms with van der Waals surface area (Å²) in [6, 6.07) is 20.4. The van der Waals surface area contributed by atoms with Gasteiger partial charge in [-0.2, -0.15) is 4.31 Å². The summed E-state index contributed by atoms with van der Waals surface area (Å²) >= 11 is 5.89. The molecule has 1 aliphatic rings. The Morgan fingerprint density at radius 3 is 2.12 bits per heavy atom. The minimum Gasteiger partial charge on any atom is -0.497 e. The van der Waals surface area contributed by atoms with Gasteiger partial charge in [0.1, 0.15) is 5.75 Å². The van der Waals surface area contributed by atoms with Gasteiger partial charge >= 0.3 is 0 Å². The Labute approximate surface area is 240 Å². The van der Waals surface area contributed by atoms with Crippen molar-refractivity contribution < 1.29 is 22.7 Å². The average molecular weight is 585 g/mol. The first-order valence-electron chi connectivity index (χ1n) is 13.0. The molecule has 1 saturated heterocycles. The van der Waals surface area contributed by atoms with E-state index >= 15 is 0 Å². The van der Waals surface area contributed by atoms with Crippen LogP contribution in [0.3, 0.4) is 0 Å². The van der Waals surface area contributed by atoms with Crippen LogP contribution in [0.4, 0.5) is 11.4 Å². The molecule has 3 aromatic rings. The molecule has 11 heteroatoms. The Balaban J connectivity index is 1.32. The van der Waals surface area contributed by atoms with Gasteiger partial charge in [0, 0.05) is 54.7 Å². The summed E-state index contributed by atoms with van der Waals surface area (Å²) in [7, 11) is -2.25. The van der Waals surface area contributed by atoms with E-state index in [1.807, 2.05) is 24.0 Å². The molecule has 212 valence electrons. The number of methoxy groups -OCH3 is 1. The van der Waals surface area contributed by atoms with Crippen LogP contribution in [-0.4, -0.2) is 75.8 Å². The Morgan fingerprint density at radius 2 is 1.55 bits per heavy atom. The van der Waals surface area contributed by atoms with Crippen molar-refractivity contribution in [1.29, 1.82) is 0 Å². The number of amides is 2. The topological polar surface area (TPSA) is 99.3 Å². The number of anilines is 2. The molecule has 9 nitrogen and oxygen atoms in total. The van der Waals surface area contributed by atoms with Crippen LogP contribution >= 0.6 is 11.6 Å². The van der Waals surface area contributed by atoms with Crippen LogP contribution in [0.25, 0.3) is 0 Å². The van der Waals surface area contributed by atoms with Gasteiger partial charge < -0.3 is 19.9 Å². The molecule has 1 aliphatic heterocycles. The zero-order valence-corrected chi connectivity index (χ0v) is 24.1. The first kappa shape index (κ1) is 29.4. The van der Waals surface area contributed by atoms with Crippen molar-refractivity contribution in [3.8, 4) is 5.75 Å². The number of carbonyl (C=O) groups excluding carboxylic acids is 2. The Kier molecular flexibility index (Phi) is 9.67. The highest BCUT2D eigenvalue weighted by Gasteiger charge is 2.26. The van der Waals surface area contributed by atoms with Gasteiger partial charge in [0.15, 0.2) is 0 Å². The second kappa shape index (κ2) is 13.2. The smallest absolute Gasteiger partial charge is 0.253 e. The first-order chi connectivity index (χ1) is 19.2. The molecule has 0 aliphatic carbocycles. The standard InChI is InChI=1S/C29H33ClN4O5S/c1-3-16-34(40(37,38)27-14-6-23(30)7-15-27)21-28(35)31-24-8-10-25(11-9-24)32-17-19-33(20-18-32)29(36)22-4-12-26(39-2)13-5-22/h4-15H,3,16-21H2,1-2H3,(H,31,35). The molecule has 1 heterocycles. The number of piperazine rings is 1. The predicted octanol–water partition coefficient (Wildman–Crippen LogP) is 4.35. The second-order valence-corrected chi connectivity index (χ2v) is 11.8. The number of nitrogens with zero attached hydrogens (tertiary/aromatic N) is 3. The summed E-state index contributed by atoms with van der Waals surface area (Å²) in [5, 5.41) is 3.23. The van der Waals surface area contributed by atoms with Gasteiger partial charge in [0.25, 0.3) is 5.91 Å². The molecule has 0 radical (unpaired) electrons. The van der Waals surface area contributed by atoms with E-state index < -0.39 is 15.9 Å². The summed E-state index contributed by atoms with van der Waals surface area (Å²) in [6.07, 6.45) is 0.563. The van der Waals surface area contributed by atoms with E-state index in [-0.39, 0.29) is 23.9 Å². The van der Waals surface area contributed by atoms with E-state index in [1.165, 1.54) is 28.6 Å². The lowest BCUT2D eigenvalue weighted by atomic mass is 10.1. The lowest BCUT2D eigenvalue weighted by Gasteiger charge is -2.36. The third-order valence-electron chi connectivity index (χ3n) is 6.66. The minimum absolute atomic E-state index is 0.00411. The predicted molar refractivity (Wildman–Crippen MR) is 157 cm³/mol. The lowest BCUT2D eigenvalue weighted by Crippen LogP contribution is -2.48. The first-order valence-corrected chi connectivity index (χ1v) is 14.9. The van der Waals surface area contributed by atoms with E-state index in [9.17, 15) is 18.0 Å². The van der Waals surface area contributed by atoms with Crippen LogP contribution in [0.15, 0.2) is 77.7 Å². The summed E-state index contributed by atoms with van der Waals surface area (Å²) in [4.78, 5) is 29.7. The van der Waals surface area contributed by atoms with E-state index in [0.29, 0.717) is 54.6 Å². The molecular weight excluding hydrogens is 552 g/mol. The molecule has 4 rings (SSSR count). The molecule has 3 aromatic carbocycles. The van der Waals surface area contributed by atoms with Gasteiger partial charge in [-0.3, -0.25) is 9.59 Å². The summed E-state index contributed by atoms with van der Waals surface area (Å²) in [5.41, 5.74) is 2.18. The van der Waals surface area contributed by atoms with Crippen molar-refractivity contribution >= 4 is 44.8 Å². The highest BCUT2D eigenvalue weighted by molar-refractivity contribution is 7.89. The fraction of sp³-hybridized carbons (Fsp3) is 0.310. The zero-order valence-electron chi connectivity index (χ0n) is 22.5.